The molecule has 0 aromatic heterocycles. The Bertz CT molecular complexity index is 941. The van der Waals surface area contributed by atoms with Crippen molar-refractivity contribution in [3.63, 3.8) is 0 Å². The standard InChI is InChI=1S/C23H28ClN3O5/c1-13(2)31-22(29)25-27(23(30)32-14(3)4)20-11-10-19-18(20)12-21(26(19)15(5)28)16-6-8-17(24)9-7-16/h6-14,18-20H,1-5H3,(H,25,29)/t18-,19-,20?/m1/s1. The highest BCUT2D eigenvalue weighted by molar-refractivity contribution is 6.30. The molecule has 1 N–H and O–H groups in total. The summed E-state index contributed by atoms with van der Waals surface area (Å²) in [5.41, 5.74) is 4.06. The van der Waals surface area contributed by atoms with Crippen LogP contribution in [-0.4, -0.2) is 52.3 Å². The molecular weight excluding hydrogens is 434 g/mol. The van der Waals surface area contributed by atoms with E-state index in [1.165, 1.54) is 6.92 Å². The molecule has 0 fully saturated rings. The van der Waals surface area contributed by atoms with Crippen molar-refractivity contribution in [2.75, 3.05) is 0 Å². The van der Waals surface area contributed by atoms with Crippen LogP contribution in [0.25, 0.3) is 5.70 Å². The molecule has 2 aliphatic rings. The van der Waals surface area contributed by atoms with Gasteiger partial charge in [0.2, 0.25) is 5.91 Å². The summed E-state index contributed by atoms with van der Waals surface area (Å²) < 4.78 is 10.5. The maximum absolute atomic E-state index is 12.8. The quantitative estimate of drug-likeness (QED) is 0.531. The van der Waals surface area contributed by atoms with Gasteiger partial charge in [-0.05, 0) is 45.4 Å². The fourth-order valence-electron chi connectivity index (χ4n) is 3.90. The summed E-state index contributed by atoms with van der Waals surface area (Å²) in [4.78, 5) is 39.3. The van der Waals surface area contributed by atoms with Gasteiger partial charge in [0.1, 0.15) is 0 Å². The minimum atomic E-state index is -0.763. The Morgan fingerprint density at radius 2 is 1.66 bits per heavy atom. The fraction of sp³-hybridized carbons (Fsp3) is 0.435. The molecule has 1 aliphatic heterocycles. The molecule has 0 bridgehead atoms. The van der Waals surface area contributed by atoms with E-state index in [1.54, 1.807) is 50.8 Å². The number of benzene rings is 1. The fourth-order valence-corrected chi connectivity index (χ4v) is 4.02. The van der Waals surface area contributed by atoms with Gasteiger partial charge in [-0.2, -0.15) is 0 Å². The number of fused-ring (bicyclic) bond motifs is 1. The van der Waals surface area contributed by atoms with Crippen molar-refractivity contribution >= 4 is 35.4 Å². The van der Waals surface area contributed by atoms with Crippen LogP contribution >= 0.6 is 11.6 Å². The Balaban J connectivity index is 1.93. The number of hydrogen-bond acceptors (Lipinski definition) is 5. The van der Waals surface area contributed by atoms with E-state index in [0.717, 1.165) is 16.3 Å². The number of nitrogens with one attached hydrogen (secondary N) is 1. The molecule has 3 atom stereocenters. The molecule has 0 saturated heterocycles. The molecule has 1 aromatic carbocycles. The van der Waals surface area contributed by atoms with Gasteiger partial charge in [0.05, 0.1) is 24.3 Å². The third-order valence-electron chi connectivity index (χ3n) is 5.07. The first kappa shape index (κ1) is 23.7. The first-order valence-corrected chi connectivity index (χ1v) is 10.9. The van der Waals surface area contributed by atoms with E-state index in [1.807, 2.05) is 24.3 Å². The number of carbonyl (C=O) groups is 3. The smallest absolute Gasteiger partial charge is 0.429 e. The lowest BCUT2D eigenvalue weighted by molar-refractivity contribution is -0.126. The normalized spacial score (nSPS) is 21.4. The summed E-state index contributed by atoms with van der Waals surface area (Å²) in [7, 11) is 0. The predicted molar refractivity (Wildman–Crippen MR) is 120 cm³/mol. The van der Waals surface area contributed by atoms with Crippen LogP contribution < -0.4 is 5.43 Å². The monoisotopic (exact) mass is 461 g/mol. The highest BCUT2D eigenvalue weighted by Crippen LogP contribution is 2.41. The zero-order chi connectivity index (χ0) is 23.6. The molecular formula is C23H28ClN3O5. The average molecular weight is 462 g/mol. The molecule has 3 rings (SSSR count). The Kier molecular flexibility index (Phi) is 7.13. The van der Waals surface area contributed by atoms with Crippen molar-refractivity contribution in [1.29, 1.82) is 0 Å². The van der Waals surface area contributed by atoms with E-state index in [-0.39, 0.29) is 30.1 Å². The molecule has 8 nitrogen and oxygen atoms in total. The van der Waals surface area contributed by atoms with Crippen LogP contribution in [-0.2, 0) is 14.3 Å². The Morgan fingerprint density at radius 1 is 1.03 bits per heavy atom. The van der Waals surface area contributed by atoms with Gasteiger partial charge in [-0.15, -0.1) is 0 Å². The molecule has 0 radical (unpaired) electrons. The van der Waals surface area contributed by atoms with Gasteiger partial charge in [0.15, 0.2) is 0 Å². The maximum Gasteiger partial charge on any atom is 0.429 e. The Hall–Kier alpha value is -3.00. The summed E-state index contributed by atoms with van der Waals surface area (Å²) in [6.07, 6.45) is 3.37. The zero-order valence-corrected chi connectivity index (χ0v) is 19.5. The molecule has 172 valence electrons. The molecule has 0 spiro atoms. The van der Waals surface area contributed by atoms with Crippen molar-refractivity contribution < 1.29 is 23.9 Å². The summed E-state index contributed by atoms with van der Waals surface area (Å²) >= 11 is 6.02. The first-order chi connectivity index (χ1) is 15.1. The average Bonchev–Trinajstić information content (AvgIpc) is 3.24. The Labute approximate surface area is 192 Å². The van der Waals surface area contributed by atoms with E-state index in [9.17, 15) is 14.4 Å². The minimum Gasteiger partial charge on any atom is -0.446 e. The molecule has 0 saturated carbocycles. The second-order valence-electron chi connectivity index (χ2n) is 8.26. The zero-order valence-electron chi connectivity index (χ0n) is 18.7. The van der Waals surface area contributed by atoms with Crippen molar-refractivity contribution in [3.8, 4) is 0 Å². The van der Waals surface area contributed by atoms with Gasteiger partial charge in [-0.1, -0.05) is 42.0 Å². The van der Waals surface area contributed by atoms with E-state index in [2.05, 4.69) is 5.43 Å². The van der Waals surface area contributed by atoms with Crippen LogP contribution in [0, 0.1) is 5.92 Å². The predicted octanol–water partition coefficient (Wildman–Crippen LogP) is 4.36. The van der Waals surface area contributed by atoms with Crippen LogP contribution in [0.2, 0.25) is 5.02 Å². The molecule has 1 heterocycles. The highest BCUT2D eigenvalue weighted by Gasteiger charge is 2.46. The van der Waals surface area contributed by atoms with Crippen molar-refractivity contribution in [3.05, 3.63) is 53.1 Å². The Morgan fingerprint density at radius 3 is 2.22 bits per heavy atom. The van der Waals surface area contributed by atoms with E-state index >= 15 is 0 Å². The number of hydrogen-bond donors (Lipinski definition) is 1. The van der Waals surface area contributed by atoms with Gasteiger partial charge in [-0.25, -0.2) is 20.0 Å². The van der Waals surface area contributed by atoms with Gasteiger partial charge >= 0.3 is 12.2 Å². The number of halogens is 1. The molecule has 1 aliphatic carbocycles. The SMILES string of the molecule is CC(=O)N1C(c2ccc(Cl)cc2)=C[C@H]2C(N(NC(=O)OC(C)C)C(=O)OC(C)C)C=C[C@H]21. The summed E-state index contributed by atoms with van der Waals surface area (Å²) in [6, 6.07) is 6.32. The van der Waals surface area contributed by atoms with Crippen molar-refractivity contribution in [2.45, 2.75) is 58.9 Å². The number of carbonyl (C=O) groups excluding carboxylic acids is 3. The lowest BCUT2D eigenvalue weighted by Gasteiger charge is -2.32. The van der Waals surface area contributed by atoms with Crippen LogP contribution in [0.4, 0.5) is 9.59 Å². The van der Waals surface area contributed by atoms with Crippen molar-refractivity contribution in [2.24, 2.45) is 5.92 Å². The number of nitrogens with zero attached hydrogens (tertiary/aromatic N) is 2. The lowest BCUT2D eigenvalue weighted by Crippen LogP contribution is -2.54. The van der Waals surface area contributed by atoms with Gasteiger partial charge in [0.25, 0.3) is 0 Å². The number of rotatable bonds is 4. The summed E-state index contributed by atoms with van der Waals surface area (Å²) in [5, 5.41) is 1.72. The van der Waals surface area contributed by atoms with Gasteiger partial charge < -0.3 is 14.4 Å². The maximum atomic E-state index is 12.8. The van der Waals surface area contributed by atoms with Gasteiger partial charge in [-0.3, -0.25) is 4.79 Å². The lowest BCUT2D eigenvalue weighted by atomic mass is 9.99. The second-order valence-corrected chi connectivity index (χ2v) is 8.70. The molecule has 9 heteroatoms. The molecule has 1 unspecified atom stereocenters. The second kappa shape index (κ2) is 9.65. The number of amides is 3. The molecule has 32 heavy (non-hydrogen) atoms. The third kappa shape index (κ3) is 5.07. The van der Waals surface area contributed by atoms with Crippen LogP contribution in [0.5, 0.6) is 0 Å². The largest absolute Gasteiger partial charge is 0.446 e. The van der Waals surface area contributed by atoms with E-state index in [0.29, 0.717) is 5.02 Å². The van der Waals surface area contributed by atoms with Crippen molar-refractivity contribution in [1.82, 2.24) is 15.3 Å². The van der Waals surface area contributed by atoms with E-state index < -0.39 is 18.2 Å². The minimum absolute atomic E-state index is 0.132. The van der Waals surface area contributed by atoms with Crippen LogP contribution in [0.1, 0.15) is 40.2 Å². The number of hydrazine groups is 1. The molecule has 1 aromatic rings. The van der Waals surface area contributed by atoms with E-state index in [4.69, 9.17) is 21.1 Å². The van der Waals surface area contributed by atoms with Gasteiger partial charge in [0, 0.05) is 23.6 Å². The number of ether oxygens (including phenoxy) is 2. The van der Waals surface area contributed by atoms with Crippen LogP contribution in [0.3, 0.4) is 0 Å². The summed E-state index contributed by atoms with van der Waals surface area (Å²) in [6.45, 7) is 8.37. The third-order valence-corrected chi connectivity index (χ3v) is 5.32. The first-order valence-electron chi connectivity index (χ1n) is 10.5. The molecule has 3 amide bonds. The topological polar surface area (TPSA) is 88.2 Å². The van der Waals surface area contributed by atoms with Crippen LogP contribution in [0.15, 0.2) is 42.5 Å². The summed E-state index contributed by atoms with van der Waals surface area (Å²) in [5.74, 6) is -0.420. The highest BCUT2D eigenvalue weighted by atomic mass is 35.5.